The first-order valence-electron chi connectivity index (χ1n) is 8.38. The second-order valence-corrected chi connectivity index (χ2v) is 7.78. The quantitative estimate of drug-likeness (QED) is 0.611. The van der Waals surface area contributed by atoms with Gasteiger partial charge >= 0.3 is 5.97 Å². The Balaban J connectivity index is 2.05. The number of hydrogen-bond acceptors (Lipinski definition) is 4. The van der Waals surface area contributed by atoms with Crippen LogP contribution in [0.1, 0.15) is 27.9 Å². The van der Waals surface area contributed by atoms with Gasteiger partial charge in [0.15, 0.2) is 0 Å². The van der Waals surface area contributed by atoms with Crippen molar-refractivity contribution in [3.63, 3.8) is 0 Å². The van der Waals surface area contributed by atoms with Crippen LogP contribution < -0.4 is 5.32 Å². The van der Waals surface area contributed by atoms with Gasteiger partial charge in [-0.1, -0.05) is 47.0 Å². The number of nitrogens with one attached hydrogen (secondary N) is 1. The van der Waals surface area contributed by atoms with Gasteiger partial charge in [0, 0.05) is 21.2 Å². The van der Waals surface area contributed by atoms with E-state index in [-0.39, 0.29) is 12.5 Å². The molecule has 0 radical (unpaired) electrons. The Bertz CT molecular complexity index is 793. The van der Waals surface area contributed by atoms with Crippen LogP contribution in [-0.4, -0.2) is 29.9 Å². The molecule has 7 heteroatoms. The van der Waals surface area contributed by atoms with Crippen LogP contribution in [0.5, 0.6) is 0 Å². The molecule has 0 aromatic heterocycles. The van der Waals surface area contributed by atoms with Gasteiger partial charge in [-0.25, -0.2) is 4.79 Å². The largest absolute Gasteiger partial charge is 0.459 e. The number of aryl methyl sites for hydroxylation is 1. The van der Waals surface area contributed by atoms with Crippen LogP contribution in [0.3, 0.4) is 0 Å². The van der Waals surface area contributed by atoms with Gasteiger partial charge in [0.2, 0.25) is 0 Å². The Labute approximate surface area is 173 Å². The van der Waals surface area contributed by atoms with E-state index in [2.05, 4.69) is 5.32 Å². The maximum Gasteiger partial charge on any atom is 0.329 e. The lowest BCUT2D eigenvalue weighted by molar-refractivity contribution is -0.147. The van der Waals surface area contributed by atoms with Crippen molar-refractivity contribution in [2.24, 2.45) is 0 Å². The van der Waals surface area contributed by atoms with Gasteiger partial charge in [-0.2, -0.15) is 11.8 Å². The fourth-order valence-electron chi connectivity index (χ4n) is 2.43. The van der Waals surface area contributed by atoms with E-state index in [0.29, 0.717) is 33.3 Å². The molecule has 27 heavy (non-hydrogen) atoms. The van der Waals surface area contributed by atoms with Crippen LogP contribution in [-0.2, 0) is 16.1 Å². The summed E-state index contributed by atoms with van der Waals surface area (Å²) < 4.78 is 5.38. The molecule has 144 valence electrons. The highest BCUT2D eigenvalue weighted by molar-refractivity contribution is 7.98. The Morgan fingerprint density at radius 2 is 1.81 bits per heavy atom. The molecule has 1 atom stereocenters. The fourth-order valence-corrected chi connectivity index (χ4v) is 3.40. The molecule has 0 aliphatic heterocycles. The lowest BCUT2D eigenvalue weighted by Gasteiger charge is -2.18. The van der Waals surface area contributed by atoms with Crippen molar-refractivity contribution >= 4 is 46.8 Å². The molecular weight excluding hydrogens is 405 g/mol. The highest BCUT2D eigenvalue weighted by Crippen LogP contribution is 2.25. The second kappa shape index (κ2) is 10.6. The topological polar surface area (TPSA) is 55.4 Å². The Morgan fingerprint density at radius 1 is 1.15 bits per heavy atom. The second-order valence-electron chi connectivity index (χ2n) is 5.98. The summed E-state index contributed by atoms with van der Waals surface area (Å²) in [5.41, 5.74) is 2.02. The van der Waals surface area contributed by atoms with E-state index in [9.17, 15) is 9.59 Å². The molecule has 2 aromatic rings. The average molecular weight is 426 g/mol. The molecule has 2 aromatic carbocycles. The Morgan fingerprint density at radius 3 is 2.44 bits per heavy atom. The zero-order valence-electron chi connectivity index (χ0n) is 15.1. The zero-order chi connectivity index (χ0) is 19.8. The number of ether oxygens (including phenoxy) is 1. The Kier molecular flexibility index (Phi) is 8.48. The molecule has 4 nitrogen and oxygen atoms in total. The summed E-state index contributed by atoms with van der Waals surface area (Å²) in [5.74, 6) is -0.112. The first-order chi connectivity index (χ1) is 12.9. The molecule has 0 fully saturated rings. The smallest absolute Gasteiger partial charge is 0.329 e. The molecule has 0 aliphatic rings. The van der Waals surface area contributed by atoms with Crippen molar-refractivity contribution in [1.29, 1.82) is 0 Å². The third kappa shape index (κ3) is 6.45. The summed E-state index contributed by atoms with van der Waals surface area (Å²) in [6.07, 6.45) is 2.40. The summed E-state index contributed by atoms with van der Waals surface area (Å²) in [6, 6.07) is 11.5. The average Bonchev–Trinajstić information content (AvgIpc) is 2.64. The fraction of sp³-hybridized carbons (Fsp3) is 0.300. The molecule has 1 N–H and O–H groups in total. The SMILES string of the molecule is CSCCC(NC(=O)c1cccc(C)c1)C(=O)OCc1c(Cl)cccc1Cl. The molecule has 0 saturated carbocycles. The molecule has 0 saturated heterocycles. The summed E-state index contributed by atoms with van der Waals surface area (Å²) in [4.78, 5) is 25.0. The van der Waals surface area contributed by atoms with Gasteiger partial charge in [0.05, 0.1) is 0 Å². The summed E-state index contributed by atoms with van der Waals surface area (Å²) in [7, 11) is 0. The lowest BCUT2D eigenvalue weighted by Crippen LogP contribution is -2.42. The number of amides is 1. The minimum absolute atomic E-state index is 0.0482. The van der Waals surface area contributed by atoms with Crippen LogP contribution in [0.4, 0.5) is 0 Å². The van der Waals surface area contributed by atoms with Crippen molar-refractivity contribution in [3.05, 3.63) is 69.2 Å². The number of benzene rings is 2. The van der Waals surface area contributed by atoms with Crippen LogP contribution in [0.15, 0.2) is 42.5 Å². The molecule has 0 aliphatic carbocycles. The number of halogens is 2. The van der Waals surface area contributed by atoms with E-state index in [1.807, 2.05) is 19.2 Å². The first-order valence-corrected chi connectivity index (χ1v) is 10.5. The van der Waals surface area contributed by atoms with Crippen LogP contribution in [0, 0.1) is 6.92 Å². The summed E-state index contributed by atoms with van der Waals surface area (Å²) in [6.45, 7) is 1.86. The van der Waals surface area contributed by atoms with E-state index >= 15 is 0 Å². The van der Waals surface area contributed by atoms with Crippen molar-refractivity contribution in [3.8, 4) is 0 Å². The van der Waals surface area contributed by atoms with E-state index in [1.54, 1.807) is 48.2 Å². The highest BCUT2D eigenvalue weighted by Gasteiger charge is 2.23. The predicted octanol–water partition coefficient (Wildman–Crippen LogP) is 4.90. The first kappa shape index (κ1) is 21.6. The molecule has 0 spiro atoms. The van der Waals surface area contributed by atoms with Gasteiger partial charge in [-0.15, -0.1) is 0 Å². The van der Waals surface area contributed by atoms with Gasteiger partial charge in [-0.3, -0.25) is 4.79 Å². The molecule has 1 unspecified atom stereocenters. The third-order valence-electron chi connectivity index (χ3n) is 3.90. The summed E-state index contributed by atoms with van der Waals surface area (Å²) >= 11 is 13.8. The van der Waals surface area contributed by atoms with Gasteiger partial charge in [0.1, 0.15) is 12.6 Å². The van der Waals surface area contributed by atoms with E-state index < -0.39 is 12.0 Å². The van der Waals surface area contributed by atoms with Crippen molar-refractivity contribution in [2.75, 3.05) is 12.0 Å². The van der Waals surface area contributed by atoms with Gasteiger partial charge < -0.3 is 10.1 Å². The normalized spacial score (nSPS) is 11.7. The van der Waals surface area contributed by atoms with Gasteiger partial charge in [-0.05, 0) is 49.6 Å². The van der Waals surface area contributed by atoms with Crippen LogP contribution in [0.2, 0.25) is 10.0 Å². The van der Waals surface area contributed by atoms with Crippen molar-refractivity contribution < 1.29 is 14.3 Å². The minimum Gasteiger partial charge on any atom is -0.459 e. The summed E-state index contributed by atoms with van der Waals surface area (Å²) in [5, 5.41) is 3.63. The van der Waals surface area contributed by atoms with Crippen molar-refractivity contribution in [2.45, 2.75) is 26.0 Å². The molecule has 1 amide bonds. The molecular formula is C20H21Cl2NO3S. The number of carbonyl (C=O) groups is 2. The monoisotopic (exact) mass is 425 g/mol. The molecule has 0 heterocycles. The van der Waals surface area contributed by atoms with E-state index in [0.717, 1.165) is 5.56 Å². The van der Waals surface area contributed by atoms with E-state index in [1.165, 1.54) is 0 Å². The minimum atomic E-state index is -0.744. The van der Waals surface area contributed by atoms with Gasteiger partial charge in [0.25, 0.3) is 5.91 Å². The lowest BCUT2D eigenvalue weighted by atomic mass is 10.1. The molecule has 0 bridgehead atoms. The number of carbonyl (C=O) groups excluding carboxylic acids is 2. The predicted molar refractivity (Wildman–Crippen MR) is 112 cm³/mol. The van der Waals surface area contributed by atoms with E-state index in [4.69, 9.17) is 27.9 Å². The highest BCUT2D eigenvalue weighted by atomic mass is 35.5. The number of thioether (sulfide) groups is 1. The number of hydrogen-bond donors (Lipinski definition) is 1. The van der Waals surface area contributed by atoms with Crippen LogP contribution in [0.25, 0.3) is 0 Å². The number of esters is 1. The maximum absolute atomic E-state index is 12.5. The van der Waals surface area contributed by atoms with Crippen molar-refractivity contribution in [1.82, 2.24) is 5.32 Å². The number of rotatable bonds is 8. The Hall–Kier alpha value is -1.69. The maximum atomic E-state index is 12.5. The third-order valence-corrected chi connectivity index (χ3v) is 5.25. The molecule has 2 rings (SSSR count). The van der Waals surface area contributed by atoms with Crippen LogP contribution >= 0.6 is 35.0 Å². The standard InChI is InChI=1S/C20H21Cl2NO3S/c1-13-5-3-6-14(11-13)19(24)23-18(9-10-27-2)20(25)26-12-15-16(21)7-4-8-17(15)22/h3-8,11,18H,9-10,12H2,1-2H3,(H,23,24). The zero-order valence-corrected chi connectivity index (χ0v) is 17.5.